The topological polar surface area (TPSA) is 32.3 Å². The second kappa shape index (κ2) is 4.25. The largest absolute Gasteiger partial charge is 0.508 e. The number of phenols is 1. The molecule has 3 aliphatic carbocycles. The van der Waals surface area contributed by atoms with Gasteiger partial charge in [0.25, 0.3) is 0 Å². The minimum Gasteiger partial charge on any atom is -0.508 e. The van der Waals surface area contributed by atoms with Crippen molar-refractivity contribution in [3.8, 4) is 5.75 Å². The highest BCUT2D eigenvalue weighted by Gasteiger charge is 2.59. The maximum atomic E-state index is 9.66. The van der Waals surface area contributed by atoms with Gasteiger partial charge in [-0.1, -0.05) is 26.8 Å². The first-order chi connectivity index (χ1) is 9.90. The van der Waals surface area contributed by atoms with Gasteiger partial charge in [0.2, 0.25) is 0 Å². The Labute approximate surface area is 128 Å². The Balaban J connectivity index is 1.61. The van der Waals surface area contributed by atoms with Gasteiger partial charge in [0.15, 0.2) is 0 Å². The van der Waals surface area contributed by atoms with Crippen LogP contribution in [0.4, 0.5) is 0 Å². The predicted octanol–water partition coefficient (Wildman–Crippen LogP) is 4.18. The van der Waals surface area contributed by atoms with Crippen LogP contribution in [0.15, 0.2) is 18.2 Å². The standard InChI is InChI=1S/C19H27NO/c1-18(2)13-8-9-19(3,11-13)17(18)20-16-7-4-12-10-14(21)5-6-15(12)16/h5-6,10,13,16-17,20-21H,4,7-9,11H2,1-3H3. The number of rotatable bonds is 2. The molecule has 114 valence electrons. The Hall–Kier alpha value is -1.02. The van der Waals surface area contributed by atoms with Crippen molar-refractivity contribution in [3.05, 3.63) is 29.3 Å². The Morgan fingerprint density at radius 1 is 1.19 bits per heavy atom. The van der Waals surface area contributed by atoms with Crippen molar-refractivity contribution in [1.29, 1.82) is 0 Å². The van der Waals surface area contributed by atoms with E-state index in [1.54, 1.807) is 0 Å². The van der Waals surface area contributed by atoms with E-state index in [1.807, 2.05) is 12.1 Å². The van der Waals surface area contributed by atoms with Gasteiger partial charge in [-0.3, -0.25) is 0 Å². The second-order valence-electron chi connectivity index (χ2n) is 8.49. The molecule has 2 nitrogen and oxygen atoms in total. The lowest BCUT2D eigenvalue weighted by Crippen LogP contribution is -2.51. The van der Waals surface area contributed by atoms with E-state index in [9.17, 15) is 5.11 Å². The van der Waals surface area contributed by atoms with Crippen molar-refractivity contribution in [2.45, 2.75) is 65.0 Å². The first kappa shape index (κ1) is 13.6. The van der Waals surface area contributed by atoms with E-state index in [0.29, 0.717) is 28.7 Å². The van der Waals surface area contributed by atoms with Crippen molar-refractivity contribution >= 4 is 0 Å². The van der Waals surface area contributed by atoms with Gasteiger partial charge in [-0.15, -0.1) is 0 Å². The maximum Gasteiger partial charge on any atom is 0.115 e. The van der Waals surface area contributed by atoms with Crippen molar-refractivity contribution in [2.75, 3.05) is 0 Å². The summed E-state index contributed by atoms with van der Waals surface area (Å²) >= 11 is 0. The van der Waals surface area contributed by atoms with Crippen LogP contribution >= 0.6 is 0 Å². The Bertz CT molecular complexity index is 574. The maximum absolute atomic E-state index is 9.66. The van der Waals surface area contributed by atoms with Crippen molar-refractivity contribution in [3.63, 3.8) is 0 Å². The van der Waals surface area contributed by atoms with Gasteiger partial charge in [-0.25, -0.2) is 0 Å². The van der Waals surface area contributed by atoms with Crippen LogP contribution in [0.1, 0.15) is 63.6 Å². The summed E-state index contributed by atoms with van der Waals surface area (Å²) in [5, 5.41) is 13.7. The molecular weight excluding hydrogens is 258 g/mol. The summed E-state index contributed by atoms with van der Waals surface area (Å²) < 4.78 is 0. The van der Waals surface area contributed by atoms with Gasteiger partial charge < -0.3 is 10.4 Å². The number of nitrogens with one attached hydrogen (secondary N) is 1. The highest BCUT2D eigenvalue weighted by Crippen LogP contribution is 2.62. The van der Waals surface area contributed by atoms with Gasteiger partial charge in [0.1, 0.15) is 5.75 Å². The minimum absolute atomic E-state index is 0.404. The van der Waals surface area contributed by atoms with Gasteiger partial charge in [-0.05, 0) is 72.1 Å². The Morgan fingerprint density at radius 2 is 2.00 bits per heavy atom. The van der Waals surface area contributed by atoms with E-state index in [2.05, 4.69) is 32.2 Å². The summed E-state index contributed by atoms with van der Waals surface area (Å²) in [4.78, 5) is 0. The number of aromatic hydroxyl groups is 1. The van der Waals surface area contributed by atoms with Crippen LogP contribution in [0.5, 0.6) is 5.75 Å². The fourth-order valence-corrected chi connectivity index (χ4v) is 5.70. The number of phenolic OH excluding ortho intramolecular Hbond substituents is 1. The van der Waals surface area contributed by atoms with E-state index in [0.717, 1.165) is 12.3 Å². The van der Waals surface area contributed by atoms with Gasteiger partial charge in [0.05, 0.1) is 0 Å². The van der Waals surface area contributed by atoms with Crippen LogP contribution in [0.2, 0.25) is 0 Å². The Morgan fingerprint density at radius 3 is 2.71 bits per heavy atom. The summed E-state index contributed by atoms with van der Waals surface area (Å²) in [5.41, 5.74) is 3.63. The molecule has 0 spiro atoms. The van der Waals surface area contributed by atoms with Crippen LogP contribution < -0.4 is 5.32 Å². The van der Waals surface area contributed by atoms with E-state index in [-0.39, 0.29) is 0 Å². The molecule has 2 heteroatoms. The molecule has 2 saturated carbocycles. The van der Waals surface area contributed by atoms with Crippen LogP contribution in [0.3, 0.4) is 0 Å². The zero-order valence-electron chi connectivity index (χ0n) is 13.4. The number of hydrogen-bond donors (Lipinski definition) is 2. The molecular formula is C19H27NO. The van der Waals surface area contributed by atoms with Crippen molar-refractivity contribution in [2.24, 2.45) is 16.7 Å². The molecule has 0 aromatic heterocycles. The highest BCUT2D eigenvalue weighted by atomic mass is 16.3. The quantitative estimate of drug-likeness (QED) is 0.854. The second-order valence-corrected chi connectivity index (χ2v) is 8.49. The third-order valence-electron chi connectivity index (χ3n) is 6.84. The van der Waals surface area contributed by atoms with Gasteiger partial charge in [0, 0.05) is 12.1 Å². The smallest absolute Gasteiger partial charge is 0.115 e. The third kappa shape index (κ3) is 1.88. The number of fused-ring (bicyclic) bond motifs is 3. The lowest BCUT2D eigenvalue weighted by Gasteiger charge is -2.44. The molecule has 1 aromatic carbocycles. The number of hydrogen-bond acceptors (Lipinski definition) is 2. The average Bonchev–Trinajstić information content (AvgIpc) is 3.04. The van der Waals surface area contributed by atoms with Crippen LogP contribution in [-0.2, 0) is 6.42 Å². The normalized spacial score (nSPS) is 39.7. The summed E-state index contributed by atoms with van der Waals surface area (Å²) in [7, 11) is 0. The predicted molar refractivity (Wildman–Crippen MR) is 85.3 cm³/mol. The third-order valence-corrected chi connectivity index (χ3v) is 6.84. The molecule has 0 radical (unpaired) electrons. The van der Waals surface area contributed by atoms with Crippen molar-refractivity contribution < 1.29 is 5.11 Å². The van der Waals surface area contributed by atoms with Crippen LogP contribution in [-0.4, -0.2) is 11.1 Å². The van der Waals surface area contributed by atoms with Crippen molar-refractivity contribution in [1.82, 2.24) is 5.32 Å². The van der Waals surface area contributed by atoms with Gasteiger partial charge >= 0.3 is 0 Å². The molecule has 0 aliphatic heterocycles. The molecule has 4 unspecified atom stereocenters. The monoisotopic (exact) mass is 285 g/mol. The molecule has 0 heterocycles. The lowest BCUT2D eigenvalue weighted by atomic mass is 9.68. The molecule has 2 fully saturated rings. The zero-order valence-corrected chi connectivity index (χ0v) is 13.4. The zero-order chi connectivity index (χ0) is 14.8. The van der Waals surface area contributed by atoms with Gasteiger partial charge in [-0.2, -0.15) is 0 Å². The molecule has 2 bridgehead atoms. The molecule has 4 rings (SSSR count). The summed E-state index contributed by atoms with van der Waals surface area (Å²) in [6, 6.07) is 7.00. The fraction of sp³-hybridized carbons (Fsp3) is 0.684. The minimum atomic E-state index is 0.404. The van der Waals surface area contributed by atoms with E-state index in [4.69, 9.17) is 0 Å². The lowest BCUT2D eigenvalue weighted by molar-refractivity contribution is 0.0983. The van der Waals surface area contributed by atoms with E-state index in [1.165, 1.54) is 36.8 Å². The fourth-order valence-electron chi connectivity index (χ4n) is 5.70. The summed E-state index contributed by atoms with van der Waals surface area (Å²) in [6.45, 7) is 7.42. The SMILES string of the molecule is CC12CCC(C1)C(C)(C)C2NC1CCc2cc(O)ccc21. The average molecular weight is 285 g/mol. The number of aryl methyl sites for hydroxylation is 1. The molecule has 0 amide bonds. The molecule has 4 atom stereocenters. The van der Waals surface area contributed by atoms with Crippen LogP contribution in [0.25, 0.3) is 0 Å². The van der Waals surface area contributed by atoms with E-state index >= 15 is 0 Å². The molecule has 2 N–H and O–H groups in total. The molecule has 0 saturated heterocycles. The molecule has 3 aliphatic rings. The first-order valence-electron chi connectivity index (χ1n) is 8.48. The highest BCUT2D eigenvalue weighted by molar-refractivity contribution is 5.40. The summed E-state index contributed by atoms with van der Waals surface area (Å²) in [5.74, 6) is 1.29. The molecule has 1 aromatic rings. The summed E-state index contributed by atoms with van der Waals surface area (Å²) in [6.07, 6.45) is 6.46. The molecule has 21 heavy (non-hydrogen) atoms. The van der Waals surface area contributed by atoms with Crippen LogP contribution in [0, 0.1) is 16.7 Å². The number of benzene rings is 1. The van der Waals surface area contributed by atoms with E-state index < -0.39 is 0 Å². The Kier molecular flexibility index (Phi) is 2.76. The first-order valence-corrected chi connectivity index (χ1v) is 8.48.